The van der Waals surface area contributed by atoms with E-state index in [0.717, 1.165) is 31.7 Å². The van der Waals surface area contributed by atoms with Crippen LogP contribution in [0.5, 0.6) is 0 Å². The quantitative estimate of drug-likeness (QED) is 0.825. The average Bonchev–Trinajstić information content (AvgIpc) is 2.57. The first-order chi connectivity index (χ1) is 10.6. The van der Waals surface area contributed by atoms with E-state index in [1.54, 1.807) is 18.6 Å². The van der Waals surface area contributed by atoms with Crippen molar-refractivity contribution < 1.29 is 9.53 Å². The summed E-state index contributed by atoms with van der Waals surface area (Å²) < 4.78 is 5.63. The summed E-state index contributed by atoms with van der Waals surface area (Å²) in [5.41, 5.74) is 0. The molecule has 0 N–H and O–H groups in total. The first kappa shape index (κ1) is 15.2. The number of carbonyl (C=O) groups excluding carboxylic acids is 1. The number of anilines is 1. The number of aromatic nitrogens is 2. The highest BCUT2D eigenvalue weighted by Gasteiger charge is 2.34. The first-order valence-electron chi connectivity index (χ1n) is 8.08. The minimum Gasteiger partial charge on any atom is -0.375 e. The highest BCUT2D eigenvalue weighted by Crippen LogP contribution is 2.24. The van der Waals surface area contributed by atoms with Crippen LogP contribution in [-0.2, 0) is 9.53 Å². The molecule has 0 aromatic carbocycles. The summed E-state index contributed by atoms with van der Waals surface area (Å²) >= 11 is 0. The summed E-state index contributed by atoms with van der Waals surface area (Å²) in [6, 6.07) is 0.163. The van der Waals surface area contributed by atoms with E-state index in [1.165, 1.54) is 0 Å². The van der Waals surface area contributed by atoms with Crippen LogP contribution >= 0.6 is 0 Å². The van der Waals surface area contributed by atoms with Crippen molar-refractivity contribution in [3.05, 3.63) is 18.6 Å². The van der Waals surface area contributed by atoms with Gasteiger partial charge in [-0.15, -0.1) is 0 Å². The molecular weight excluding hydrogens is 280 g/mol. The molecule has 0 radical (unpaired) electrons. The summed E-state index contributed by atoms with van der Waals surface area (Å²) in [4.78, 5) is 25.5. The summed E-state index contributed by atoms with van der Waals surface area (Å²) in [7, 11) is 0. The van der Waals surface area contributed by atoms with Crippen molar-refractivity contribution in [2.24, 2.45) is 5.92 Å². The zero-order valence-corrected chi connectivity index (χ0v) is 13.3. The van der Waals surface area contributed by atoms with Gasteiger partial charge in [-0.1, -0.05) is 0 Å². The number of hydrogen-bond donors (Lipinski definition) is 0. The van der Waals surface area contributed by atoms with Gasteiger partial charge in [0.05, 0.1) is 30.9 Å². The van der Waals surface area contributed by atoms with Crippen LogP contribution in [0.2, 0.25) is 0 Å². The Hall–Kier alpha value is -1.69. The van der Waals surface area contributed by atoms with Crippen LogP contribution in [0.3, 0.4) is 0 Å². The molecule has 2 aliphatic rings. The predicted molar refractivity (Wildman–Crippen MR) is 83.6 cm³/mol. The lowest BCUT2D eigenvalue weighted by molar-refractivity contribution is -0.147. The number of nitrogens with zero attached hydrogens (tertiary/aromatic N) is 4. The Bertz CT molecular complexity index is 510. The number of rotatable bonds is 2. The lowest BCUT2D eigenvalue weighted by Crippen LogP contribution is -2.54. The summed E-state index contributed by atoms with van der Waals surface area (Å²) in [6.45, 7) is 7.09. The van der Waals surface area contributed by atoms with Gasteiger partial charge >= 0.3 is 0 Å². The zero-order chi connectivity index (χ0) is 15.5. The van der Waals surface area contributed by atoms with Crippen LogP contribution in [-0.4, -0.2) is 59.2 Å². The predicted octanol–water partition coefficient (Wildman–Crippen LogP) is 1.33. The third kappa shape index (κ3) is 3.21. The maximum absolute atomic E-state index is 12.9. The molecule has 0 unspecified atom stereocenters. The fourth-order valence-electron chi connectivity index (χ4n) is 3.29. The Kier molecular flexibility index (Phi) is 4.57. The number of piperidine rings is 1. The number of carbonyl (C=O) groups is 1. The molecule has 1 aromatic rings. The fraction of sp³-hybridized carbons (Fsp3) is 0.688. The highest BCUT2D eigenvalue weighted by molar-refractivity contribution is 5.80. The van der Waals surface area contributed by atoms with E-state index in [4.69, 9.17) is 4.74 Å². The van der Waals surface area contributed by atoms with Gasteiger partial charge in [-0.25, -0.2) is 4.98 Å². The lowest BCUT2D eigenvalue weighted by atomic mass is 9.95. The molecule has 120 valence electrons. The molecule has 6 heteroatoms. The van der Waals surface area contributed by atoms with E-state index in [2.05, 4.69) is 21.8 Å². The van der Waals surface area contributed by atoms with Gasteiger partial charge in [-0.3, -0.25) is 9.78 Å². The van der Waals surface area contributed by atoms with Crippen LogP contribution in [0.1, 0.15) is 26.7 Å². The largest absolute Gasteiger partial charge is 0.375 e. The van der Waals surface area contributed by atoms with Crippen molar-refractivity contribution in [3.63, 3.8) is 0 Å². The number of amides is 1. The molecule has 0 bridgehead atoms. The second-order valence-corrected chi connectivity index (χ2v) is 6.33. The van der Waals surface area contributed by atoms with Crippen molar-refractivity contribution >= 4 is 11.7 Å². The summed E-state index contributed by atoms with van der Waals surface area (Å²) in [6.07, 6.45) is 7.24. The second kappa shape index (κ2) is 6.60. The van der Waals surface area contributed by atoms with Crippen molar-refractivity contribution in [1.29, 1.82) is 0 Å². The van der Waals surface area contributed by atoms with Crippen molar-refractivity contribution in [3.8, 4) is 0 Å². The van der Waals surface area contributed by atoms with Gasteiger partial charge in [0.2, 0.25) is 5.91 Å². The smallest absolute Gasteiger partial charge is 0.227 e. The SMILES string of the molecule is C[C@@H]1CN(C(=O)[C@H]2CCCN(c3cnccn3)C2)[C@H](C)CO1. The average molecular weight is 304 g/mol. The Morgan fingerprint density at radius 2 is 2.18 bits per heavy atom. The van der Waals surface area contributed by atoms with E-state index in [0.29, 0.717) is 13.2 Å². The third-order valence-electron chi connectivity index (χ3n) is 4.54. The monoisotopic (exact) mass is 304 g/mol. The van der Waals surface area contributed by atoms with Crippen LogP contribution < -0.4 is 4.90 Å². The summed E-state index contributed by atoms with van der Waals surface area (Å²) in [5.74, 6) is 1.17. The molecule has 0 spiro atoms. The van der Waals surface area contributed by atoms with Crippen LogP contribution in [0.4, 0.5) is 5.82 Å². The van der Waals surface area contributed by atoms with Gasteiger partial charge in [0.25, 0.3) is 0 Å². The number of ether oxygens (including phenoxy) is 1. The maximum atomic E-state index is 12.9. The Morgan fingerprint density at radius 1 is 1.32 bits per heavy atom. The molecule has 3 rings (SSSR count). The summed E-state index contributed by atoms with van der Waals surface area (Å²) in [5, 5.41) is 0. The zero-order valence-electron chi connectivity index (χ0n) is 13.3. The molecule has 2 fully saturated rings. The highest BCUT2D eigenvalue weighted by atomic mass is 16.5. The van der Waals surface area contributed by atoms with Gasteiger partial charge in [-0.2, -0.15) is 0 Å². The van der Waals surface area contributed by atoms with Crippen molar-refractivity contribution in [2.75, 3.05) is 31.1 Å². The lowest BCUT2D eigenvalue weighted by Gasteiger charge is -2.41. The van der Waals surface area contributed by atoms with Gasteiger partial charge < -0.3 is 14.5 Å². The van der Waals surface area contributed by atoms with Gasteiger partial charge in [-0.05, 0) is 26.7 Å². The molecule has 6 nitrogen and oxygen atoms in total. The molecule has 3 atom stereocenters. The number of morpholine rings is 1. The second-order valence-electron chi connectivity index (χ2n) is 6.33. The van der Waals surface area contributed by atoms with E-state index in [1.807, 2.05) is 11.8 Å². The van der Waals surface area contributed by atoms with E-state index < -0.39 is 0 Å². The molecule has 1 amide bonds. The molecule has 2 saturated heterocycles. The molecule has 0 saturated carbocycles. The molecule has 22 heavy (non-hydrogen) atoms. The number of hydrogen-bond acceptors (Lipinski definition) is 5. The standard InChI is InChI=1S/C16H24N4O2/c1-12-11-22-13(2)9-20(12)16(21)14-4-3-7-19(10-14)15-8-17-5-6-18-15/h5-6,8,12-14H,3-4,7,9-11H2,1-2H3/t12-,13-,14+/m1/s1. The van der Waals surface area contributed by atoms with E-state index in [-0.39, 0.29) is 24.0 Å². The minimum absolute atomic E-state index is 0.0449. The third-order valence-corrected chi connectivity index (χ3v) is 4.54. The topological polar surface area (TPSA) is 58.6 Å². The van der Waals surface area contributed by atoms with Crippen LogP contribution in [0.25, 0.3) is 0 Å². The molecule has 0 aliphatic carbocycles. The fourth-order valence-corrected chi connectivity index (χ4v) is 3.29. The van der Waals surface area contributed by atoms with Gasteiger partial charge in [0, 0.05) is 32.0 Å². The van der Waals surface area contributed by atoms with Crippen LogP contribution in [0, 0.1) is 5.92 Å². The first-order valence-corrected chi connectivity index (χ1v) is 8.08. The molecular formula is C16H24N4O2. The maximum Gasteiger partial charge on any atom is 0.227 e. The Balaban J connectivity index is 1.67. The Labute approximate surface area is 131 Å². The van der Waals surface area contributed by atoms with Crippen molar-refractivity contribution in [1.82, 2.24) is 14.9 Å². The van der Waals surface area contributed by atoms with E-state index >= 15 is 0 Å². The van der Waals surface area contributed by atoms with Gasteiger partial charge in [0.1, 0.15) is 5.82 Å². The molecule has 3 heterocycles. The normalized spacial score (nSPS) is 29.5. The van der Waals surface area contributed by atoms with Crippen LogP contribution in [0.15, 0.2) is 18.6 Å². The molecule has 1 aromatic heterocycles. The Morgan fingerprint density at radius 3 is 2.95 bits per heavy atom. The molecule has 2 aliphatic heterocycles. The van der Waals surface area contributed by atoms with Crippen molar-refractivity contribution in [2.45, 2.75) is 38.8 Å². The minimum atomic E-state index is 0.0449. The van der Waals surface area contributed by atoms with Gasteiger partial charge in [0.15, 0.2) is 0 Å². The van der Waals surface area contributed by atoms with E-state index in [9.17, 15) is 4.79 Å².